The number of benzene rings is 1. The molecule has 1 aliphatic heterocycles. The van der Waals surface area contributed by atoms with Crippen LogP contribution in [0.1, 0.15) is 10.6 Å². The summed E-state index contributed by atoms with van der Waals surface area (Å²) in [5, 5.41) is 1.40. The van der Waals surface area contributed by atoms with Gasteiger partial charge in [0.15, 0.2) is 5.76 Å². The predicted octanol–water partition coefficient (Wildman–Crippen LogP) is 1.93. The molecule has 0 aliphatic carbocycles. The number of hydrogen-bond acceptors (Lipinski definition) is 4. The van der Waals surface area contributed by atoms with Crippen LogP contribution in [0.25, 0.3) is 4.91 Å². The summed E-state index contributed by atoms with van der Waals surface area (Å²) in [6.45, 7) is 0. The predicted molar refractivity (Wildman–Crippen MR) is 78.8 cm³/mol. The van der Waals surface area contributed by atoms with Crippen LogP contribution >= 0.6 is 27.7 Å². The van der Waals surface area contributed by atoms with Crippen molar-refractivity contribution in [1.29, 1.82) is 0 Å². The number of carbonyl (C=O) groups excluding carboxylic acids is 2. The number of Topliss-reactive ketones (excluding diaryl/α,β-unsaturated/α-hetero) is 1. The molecule has 0 saturated heterocycles. The lowest BCUT2D eigenvalue weighted by atomic mass is 10.3. The van der Waals surface area contributed by atoms with Crippen molar-refractivity contribution in [2.24, 2.45) is 4.99 Å². The van der Waals surface area contributed by atoms with Crippen LogP contribution in [0.3, 0.4) is 0 Å². The van der Waals surface area contributed by atoms with E-state index in [4.69, 9.17) is 4.42 Å². The van der Waals surface area contributed by atoms with E-state index in [2.05, 4.69) is 20.9 Å². The van der Waals surface area contributed by atoms with Crippen molar-refractivity contribution >= 4 is 44.3 Å². The van der Waals surface area contributed by atoms with Gasteiger partial charge in [0.25, 0.3) is 5.91 Å². The van der Waals surface area contributed by atoms with Gasteiger partial charge >= 0.3 is 0 Å². The van der Waals surface area contributed by atoms with E-state index in [-0.39, 0.29) is 17.4 Å². The number of hydrogen-bond donors (Lipinski definition) is 0. The lowest BCUT2D eigenvalue weighted by Crippen LogP contribution is -2.23. The molecule has 0 N–H and O–H groups in total. The number of halogens is 1. The maximum atomic E-state index is 11.9. The largest absolute Gasteiger partial charge is 0.461 e. The summed E-state index contributed by atoms with van der Waals surface area (Å²) in [5.41, 5.74) is 0. The fourth-order valence-electron chi connectivity index (χ4n) is 1.88. The molecule has 1 amide bonds. The molecule has 0 fully saturated rings. The standard InChI is InChI=1S/C14H8BrNO3S/c15-8-3-1-4-9-12(8)13(14(18)16-9)20-7-10(17)11-5-2-6-19-11/h1-6H,7H2. The van der Waals surface area contributed by atoms with E-state index in [9.17, 15) is 9.59 Å². The molecule has 0 bridgehead atoms. The molecule has 2 heterocycles. The number of thioether (sulfide) groups is 1. The van der Waals surface area contributed by atoms with E-state index in [1.165, 1.54) is 18.0 Å². The first-order valence-corrected chi connectivity index (χ1v) is 7.56. The maximum Gasteiger partial charge on any atom is 0.284 e. The molecule has 0 saturated carbocycles. The number of carbonyl (C=O) groups is 2. The van der Waals surface area contributed by atoms with Gasteiger partial charge in [-0.1, -0.05) is 22.0 Å². The van der Waals surface area contributed by atoms with Crippen LogP contribution in [0.5, 0.6) is 0 Å². The van der Waals surface area contributed by atoms with Crippen molar-refractivity contribution in [3.8, 4) is 0 Å². The molecular formula is C14H8BrNO3S. The summed E-state index contributed by atoms with van der Waals surface area (Å²) in [6, 6.07) is 8.72. The molecule has 6 heteroatoms. The van der Waals surface area contributed by atoms with Crippen LogP contribution in [-0.4, -0.2) is 17.4 Å². The normalized spacial score (nSPS) is 13.2. The van der Waals surface area contributed by atoms with Crippen molar-refractivity contribution in [2.75, 3.05) is 5.75 Å². The molecule has 20 heavy (non-hydrogen) atoms. The number of rotatable bonds is 4. The maximum absolute atomic E-state index is 11.9. The zero-order valence-corrected chi connectivity index (χ0v) is 12.5. The van der Waals surface area contributed by atoms with Gasteiger partial charge in [-0.2, -0.15) is 0 Å². The zero-order chi connectivity index (χ0) is 14.1. The van der Waals surface area contributed by atoms with Crippen molar-refractivity contribution in [3.63, 3.8) is 0 Å². The Labute approximate surface area is 126 Å². The van der Waals surface area contributed by atoms with E-state index >= 15 is 0 Å². The van der Waals surface area contributed by atoms with Crippen LogP contribution in [-0.2, 0) is 4.79 Å². The molecule has 0 radical (unpaired) electrons. The van der Waals surface area contributed by atoms with Crippen molar-refractivity contribution in [2.45, 2.75) is 0 Å². The molecule has 100 valence electrons. The molecule has 1 aromatic carbocycles. The first-order chi connectivity index (χ1) is 9.66. The SMILES string of the molecule is O=C1N=c2cccc(Br)c2=C1SCC(=O)c1ccco1. The zero-order valence-electron chi connectivity index (χ0n) is 10.1. The lowest BCUT2D eigenvalue weighted by Gasteiger charge is -1.99. The third-order valence-electron chi connectivity index (χ3n) is 2.78. The first-order valence-electron chi connectivity index (χ1n) is 5.78. The highest BCUT2D eigenvalue weighted by molar-refractivity contribution is 9.10. The third kappa shape index (κ3) is 2.36. The van der Waals surface area contributed by atoms with Gasteiger partial charge in [-0.25, -0.2) is 4.99 Å². The minimum Gasteiger partial charge on any atom is -0.461 e. The molecule has 1 aliphatic rings. The molecule has 0 spiro atoms. The quantitative estimate of drug-likeness (QED) is 0.791. The fraction of sp³-hybridized carbons (Fsp3) is 0.0714. The smallest absolute Gasteiger partial charge is 0.284 e. The minimum atomic E-state index is -0.302. The van der Waals surface area contributed by atoms with Crippen LogP contribution in [0.4, 0.5) is 0 Å². The Morgan fingerprint density at radius 1 is 1.30 bits per heavy atom. The van der Waals surface area contributed by atoms with Crippen molar-refractivity contribution < 1.29 is 14.0 Å². The molecule has 4 nitrogen and oxygen atoms in total. The Balaban J connectivity index is 1.90. The summed E-state index contributed by atoms with van der Waals surface area (Å²) in [6.07, 6.45) is 1.45. The first kappa shape index (κ1) is 13.3. The Kier molecular flexibility index (Phi) is 3.58. The fourth-order valence-corrected chi connectivity index (χ4v) is 3.51. The van der Waals surface area contributed by atoms with Crippen molar-refractivity contribution in [3.05, 3.63) is 57.4 Å². The van der Waals surface area contributed by atoms with Gasteiger partial charge in [-0.15, -0.1) is 11.8 Å². The summed E-state index contributed by atoms with van der Waals surface area (Å²) in [7, 11) is 0. The van der Waals surface area contributed by atoms with Gasteiger partial charge in [0.1, 0.15) is 0 Å². The Bertz CT molecular complexity index is 811. The molecule has 2 aromatic rings. The van der Waals surface area contributed by atoms with E-state index in [1.54, 1.807) is 18.2 Å². The summed E-state index contributed by atoms with van der Waals surface area (Å²) in [4.78, 5) is 28.3. The van der Waals surface area contributed by atoms with Crippen LogP contribution in [0.15, 0.2) is 50.5 Å². The second kappa shape index (κ2) is 5.38. The number of ketones is 1. The lowest BCUT2D eigenvalue weighted by molar-refractivity contribution is -0.112. The van der Waals surface area contributed by atoms with Gasteiger partial charge in [0.05, 0.1) is 22.3 Å². The second-order valence-corrected chi connectivity index (χ2v) is 5.91. The van der Waals surface area contributed by atoms with Gasteiger partial charge in [0, 0.05) is 9.69 Å². The van der Waals surface area contributed by atoms with Gasteiger partial charge in [-0.05, 0) is 24.3 Å². The topological polar surface area (TPSA) is 59.6 Å². The number of furan rings is 1. The summed E-state index contributed by atoms with van der Waals surface area (Å²) >= 11 is 4.60. The molecule has 0 unspecified atom stereocenters. The molecule has 1 aromatic heterocycles. The number of amides is 1. The number of fused-ring (bicyclic) bond motifs is 1. The van der Waals surface area contributed by atoms with E-state index in [1.807, 2.05) is 12.1 Å². The van der Waals surface area contributed by atoms with Crippen LogP contribution in [0.2, 0.25) is 0 Å². The van der Waals surface area contributed by atoms with Crippen LogP contribution in [0, 0.1) is 0 Å². The average Bonchev–Trinajstić information content (AvgIpc) is 3.04. The highest BCUT2D eigenvalue weighted by Crippen LogP contribution is 2.21. The van der Waals surface area contributed by atoms with E-state index < -0.39 is 0 Å². The highest BCUT2D eigenvalue weighted by Gasteiger charge is 2.20. The Morgan fingerprint density at radius 3 is 2.90 bits per heavy atom. The van der Waals surface area contributed by atoms with E-state index in [0.717, 1.165) is 9.69 Å². The summed E-state index contributed by atoms with van der Waals surface area (Å²) < 4.78 is 5.84. The van der Waals surface area contributed by atoms with Crippen LogP contribution < -0.4 is 10.6 Å². The van der Waals surface area contributed by atoms with Gasteiger partial charge in [-0.3, -0.25) is 9.59 Å². The minimum absolute atomic E-state index is 0.144. The molecular weight excluding hydrogens is 342 g/mol. The van der Waals surface area contributed by atoms with E-state index in [0.29, 0.717) is 16.0 Å². The van der Waals surface area contributed by atoms with Crippen molar-refractivity contribution in [1.82, 2.24) is 0 Å². The second-order valence-electron chi connectivity index (χ2n) is 4.07. The van der Waals surface area contributed by atoms with Gasteiger partial charge in [0.2, 0.25) is 5.78 Å². The summed E-state index contributed by atoms with van der Waals surface area (Å²) in [5.74, 6) is -0.0111. The Morgan fingerprint density at radius 2 is 2.15 bits per heavy atom. The average molecular weight is 350 g/mol. The Hall–Kier alpha value is -1.66. The monoisotopic (exact) mass is 349 g/mol. The highest BCUT2D eigenvalue weighted by atomic mass is 79.9. The van der Waals surface area contributed by atoms with Gasteiger partial charge < -0.3 is 4.42 Å². The third-order valence-corrected chi connectivity index (χ3v) is 4.51. The molecule has 0 atom stereocenters. The molecule has 3 rings (SSSR count). The number of nitrogens with zero attached hydrogens (tertiary/aromatic N) is 1.